The molecule has 0 aliphatic heterocycles. The molecule has 0 aliphatic carbocycles. The highest BCUT2D eigenvalue weighted by Crippen LogP contribution is 2.26. The van der Waals surface area contributed by atoms with Crippen molar-refractivity contribution in [1.82, 2.24) is 4.98 Å². The topological polar surface area (TPSA) is 63.2 Å². The highest BCUT2D eigenvalue weighted by Gasteiger charge is 2.09. The number of carbonyl (C=O) groups is 1. The number of benzene rings is 2. The minimum absolute atomic E-state index is 0.277. The first-order valence-corrected chi connectivity index (χ1v) is 8.38. The molecule has 2 N–H and O–H groups in total. The molecule has 6 heteroatoms. The van der Waals surface area contributed by atoms with E-state index in [1.54, 1.807) is 49.7 Å². The van der Waals surface area contributed by atoms with Crippen molar-refractivity contribution in [2.45, 2.75) is 6.92 Å². The lowest BCUT2D eigenvalue weighted by Crippen LogP contribution is -2.13. The molecule has 0 saturated heterocycles. The van der Waals surface area contributed by atoms with E-state index in [0.717, 1.165) is 22.7 Å². The zero-order valence-electron chi connectivity index (χ0n) is 14.4. The third-order valence-electron chi connectivity index (χ3n) is 3.89. The number of anilines is 3. The molecule has 0 bridgehead atoms. The van der Waals surface area contributed by atoms with Crippen LogP contribution in [0.3, 0.4) is 0 Å². The Balaban J connectivity index is 1.68. The van der Waals surface area contributed by atoms with E-state index in [1.807, 2.05) is 25.1 Å². The van der Waals surface area contributed by atoms with Crippen molar-refractivity contribution in [3.63, 3.8) is 0 Å². The van der Waals surface area contributed by atoms with Crippen LogP contribution in [0.5, 0.6) is 5.75 Å². The molecule has 132 valence electrons. The minimum atomic E-state index is -0.277. The Morgan fingerprint density at radius 2 is 1.77 bits per heavy atom. The molecule has 0 saturated carbocycles. The quantitative estimate of drug-likeness (QED) is 0.662. The number of amides is 1. The molecule has 1 aromatic heterocycles. The van der Waals surface area contributed by atoms with E-state index < -0.39 is 0 Å². The van der Waals surface area contributed by atoms with Crippen LogP contribution in [-0.4, -0.2) is 18.0 Å². The smallest absolute Gasteiger partial charge is 0.274 e. The molecule has 1 heterocycles. The maximum absolute atomic E-state index is 12.3. The fraction of sp³-hybridized carbons (Fsp3) is 0.100. The van der Waals surface area contributed by atoms with Crippen LogP contribution in [-0.2, 0) is 0 Å². The summed E-state index contributed by atoms with van der Waals surface area (Å²) in [6.45, 7) is 1.94. The van der Waals surface area contributed by atoms with E-state index in [4.69, 9.17) is 16.3 Å². The van der Waals surface area contributed by atoms with E-state index in [1.165, 1.54) is 0 Å². The lowest BCUT2D eigenvalue weighted by Gasteiger charge is -2.11. The number of aromatic nitrogens is 1. The van der Waals surface area contributed by atoms with Crippen molar-refractivity contribution in [3.8, 4) is 5.75 Å². The van der Waals surface area contributed by atoms with Crippen molar-refractivity contribution < 1.29 is 9.53 Å². The molecular weight excluding hydrogens is 350 g/mol. The second-order valence-electron chi connectivity index (χ2n) is 5.65. The number of hydrogen-bond acceptors (Lipinski definition) is 4. The van der Waals surface area contributed by atoms with Gasteiger partial charge in [0, 0.05) is 16.4 Å². The Morgan fingerprint density at radius 1 is 1.04 bits per heavy atom. The minimum Gasteiger partial charge on any atom is -0.497 e. The van der Waals surface area contributed by atoms with Crippen molar-refractivity contribution in [2.24, 2.45) is 0 Å². The summed E-state index contributed by atoms with van der Waals surface area (Å²) in [5.41, 5.74) is 3.63. The summed E-state index contributed by atoms with van der Waals surface area (Å²) in [4.78, 5) is 16.5. The average molecular weight is 368 g/mol. The van der Waals surface area contributed by atoms with Crippen LogP contribution in [0.4, 0.5) is 17.1 Å². The number of carbonyl (C=O) groups excluding carboxylic acids is 1. The zero-order valence-corrected chi connectivity index (χ0v) is 15.2. The fourth-order valence-corrected chi connectivity index (χ4v) is 2.54. The maximum Gasteiger partial charge on any atom is 0.274 e. The monoisotopic (exact) mass is 367 g/mol. The van der Waals surface area contributed by atoms with Gasteiger partial charge in [-0.15, -0.1) is 0 Å². The summed E-state index contributed by atoms with van der Waals surface area (Å²) in [5, 5.41) is 6.74. The van der Waals surface area contributed by atoms with Crippen LogP contribution in [0.15, 0.2) is 60.8 Å². The molecular formula is C20H18ClN3O2. The maximum atomic E-state index is 12.3. The number of halogens is 1. The zero-order chi connectivity index (χ0) is 18.5. The lowest BCUT2D eigenvalue weighted by molar-refractivity contribution is 0.102. The van der Waals surface area contributed by atoms with E-state index in [-0.39, 0.29) is 5.91 Å². The number of ether oxygens (including phenoxy) is 1. The third-order valence-corrected chi connectivity index (χ3v) is 4.30. The lowest BCUT2D eigenvalue weighted by atomic mass is 10.2. The Bertz CT molecular complexity index is 909. The van der Waals surface area contributed by atoms with Crippen LogP contribution >= 0.6 is 11.6 Å². The first kappa shape index (κ1) is 17.8. The average Bonchev–Trinajstić information content (AvgIpc) is 2.66. The first-order valence-electron chi connectivity index (χ1n) is 8.00. The summed E-state index contributed by atoms with van der Waals surface area (Å²) in [5.74, 6) is 0.452. The summed E-state index contributed by atoms with van der Waals surface area (Å²) in [6.07, 6.45) is 1.61. The number of rotatable bonds is 5. The molecule has 0 aliphatic rings. The number of methoxy groups -OCH3 is 1. The molecule has 0 spiro atoms. The SMILES string of the molecule is COc1ccc(NC(=O)c2ccc(Nc3cccc(Cl)c3C)cn2)cc1. The Labute approximate surface area is 157 Å². The first-order chi connectivity index (χ1) is 12.6. The predicted molar refractivity (Wildman–Crippen MR) is 105 cm³/mol. The Kier molecular flexibility index (Phi) is 5.39. The molecule has 0 fully saturated rings. The van der Waals surface area contributed by atoms with Crippen molar-refractivity contribution in [3.05, 3.63) is 77.1 Å². The van der Waals surface area contributed by atoms with E-state index in [0.29, 0.717) is 16.4 Å². The van der Waals surface area contributed by atoms with E-state index in [9.17, 15) is 4.79 Å². The molecule has 1 amide bonds. The summed E-state index contributed by atoms with van der Waals surface area (Å²) >= 11 is 6.13. The van der Waals surface area contributed by atoms with Gasteiger partial charge in [-0.1, -0.05) is 17.7 Å². The third kappa shape index (κ3) is 4.13. The van der Waals surface area contributed by atoms with Gasteiger partial charge >= 0.3 is 0 Å². The van der Waals surface area contributed by atoms with Gasteiger partial charge in [0.05, 0.1) is 19.0 Å². The summed E-state index contributed by atoms with van der Waals surface area (Å²) in [7, 11) is 1.60. The normalized spacial score (nSPS) is 10.3. The molecule has 5 nitrogen and oxygen atoms in total. The highest BCUT2D eigenvalue weighted by atomic mass is 35.5. The molecule has 0 radical (unpaired) electrons. The van der Waals surface area contributed by atoms with Crippen LogP contribution in [0.25, 0.3) is 0 Å². The molecule has 3 aromatic rings. The Hall–Kier alpha value is -3.05. The highest BCUT2D eigenvalue weighted by molar-refractivity contribution is 6.31. The van der Waals surface area contributed by atoms with Gasteiger partial charge in [0.1, 0.15) is 11.4 Å². The van der Waals surface area contributed by atoms with Gasteiger partial charge in [-0.25, -0.2) is 4.98 Å². The molecule has 2 aromatic carbocycles. The van der Waals surface area contributed by atoms with Crippen LogP contribution in [0.1, 0.15) is 16.1 Å². The predicted octanol–water partition coefficient (Wildman–Crippen LogP) is 5.05. The van der Waals surface area contributed by atoms with Gasteiger partial charge < -0.3 is 15.4 Å². The van der Waals surface area contributed by atoms with Gasteiger partial charge in [0.2, 0.25) is 0 Å². The number of hydrogen-bond donors (Lipinski definition) is 2. The van der Waals surface area contributed by atoms with Crippen molar-refractivity contribution in [1.29, 1.82) is 0 Å². The van der Waals surface area contributed by atoms with Crippen molar-refractivity contribution >= 4 is 34.6 Å². The molecule has 0 unspecified atom stereocenters. The summed E-state index contributed by atoms with van der Waals surface area (Å²) in [6, 6.07) is 16.2. The van der Waals surface area contributed by atoms with Gasteiger partial charge in [0.15, 0.2) is 0 Å². The Morgan fingerprint density at radius 3 is 2.42 bits per heavy atom. The van der Waals surface area contributed by atoms with Gasteiger partial charge in [-0.05, 0) is 61.0 Å². The van der Waals surface area contributed by atoms with Crippen LogP contribution < -0.4 is 15.4 Å². The largest absolute Gasteiger partial charge is 0.497 e. The standard InChI is InChI=1S/C20H18ClN3O2/c1-13-17(21)4-3-5-18(13)23-15-8-11-19(22-12-15)20(25)24-14-6-9-16(26-2)10-7-14/h3-12,23H,1-2H3,(H,24,25). The summed E-state index contributed by atoms with van der Waals surface area (Å²) < 4.78 is 5.10. The van der Waals surface area contributed by atoms with E-state index >= 15 is 0 Å². The van der Waals surface area contributed by atoms with Crippen LogP contribution in [0, 0.1) is 6.92 Å². The van der Waals surface area contributed by atoms with E-state index in [2.05, 4.69) is 15.6 Å². The van der Waals surface area contributed by atoms with Gasteiger partial charge in [-0.3, -0.25) is 4.79 Å². The van der Waals surface area contributed by atoms with Gasteiger partial charge in [-0.2, -0.15) is 0 Å². The second-order valence-corrected chi connectivity index (χ2v) is 6.06. The van der Waals surface area contributed by atoms with Gasteiger partial charge in [0.25, 0.3) is 5.91 Å². The number of pyridine rings is 1. The second kappa shape index (κ2) is 7.89. The molecule has 0 atom stereocenters. The molecule has 3 rings (SSSR count). The molecule has 26 heavy (non-hydrogen) atoms. The van der Waals surface area contributed by atoms with Crippen molar-refractivity contribution in [2.75, 3.05) is 17.7 Å². The number of nitrogens with zero attached hydrogens (tertiary/aromatic N) is 1. The fourth-order valence-electron chi connectivity index (χ4n) is 2.37. The number of nitrogens with one attached hydrogen (secondary N) is 2. The van der Waals surface area contributed by atoms with Crippen LogP contribution in [0.2, 0.25) is 5.02 Å².